The van der Waals surface area contributed by atoms with Gasteiger partial charge in [0.05, 0.1) is 5.41 Å². The highest BCUT2D eigenvalue weighted by atomic mass is 16.2. The molecule has 1 aliphatic heterocycles. The maximum atomic E-state index is 14.8. The average Bonchev–Trinajstić information content (AvgIpc) is 3.56. The summed E-state index contributed by atoms with van der Waals surface area (Å²) in [5, 5.41) is 0. The van der Waals surface area contributed by atoms with Crippen LogP contribution in [-0.2, 0) is 4.79 Å². The standard InChI is InChI=1S/C38H64N2O/c1-9-39-22-24-40(25-23-39)32(41)38-17-13-27(34(5)18-19-34)31(38)28-10-11-30-35(6)15-12-26(2)33(3,4)29(35)14-16-37(30,8)36(28,7)20-21-38/h26-31H,9-25H2,1-8H3/t26-,27+,28+,29-,30+,31+,35-,36+,37+,38-/m0/s1. The van der Waals surface area contributed by atoms with Gasteiger partial charge in [0.15, 0.2) is 0 Å². The highest BCUT2D eigenvalue weighted by Crippen LogP contribution is 2.79. The molecule has 0 aromatic rings. The van der Waals surface area contributed by atoms with Gasteiger partial charge < -0.3 is 9.80 Å². The third kappa shape index (κ3) is 3.75. The fourth-order valence-electron chi connectivity index (χ4n) is 14.1. The van der Waals surface area contributed by atoms with E-state index in [9.17, 15) is 4.79 Å². The average molecular weight is 565 g/mol. The van der Waals surface area contributed by atoms with Crippen LogP contribution in [0.4, 0.5) is 0 Å². The number of piperazine rings is 1. The molecule has 0 radical (unpaired) electrons. The fourth-order valence-corrected chi connectivity index (χ4v) is 14.1. The van der Waals surface area contributed by atoms with Gasteiger partial charge in [0.2, 0.25) is 5.91 Å². The molecule has 3 heteroatoms. The van der Waals surface area contributed by atoms with Crippen LogP contribution in [0.25, 0.3) is 0 Å². The summed E-state index contributed by atoms with van der Waals surface area (Å²) in [6.45, 7) is 26.2. The minimum absolute atomic E-state index is 0.0681. The molecule has 0 aromatic heterocycles. The van der Waals surface area contributed by atoms with Crippen molar-refractivity contribution in [2.24, 2.45) is 68.0 Å². The molecule has 6 aliphatic carbocycles. The van der Waals surface area contributed by atoms with Crippen LogP contribution in [0.1, 0.15) is 132 Å². The molecule has 0 aromatic carbocycles. The Morgan fingerprint density at radius 2 is 1.39 bits per heavy atom. The summed E-state index contributed by atoms with van der Waals surface area (Å²) in [4.78, 5) is 19.7. The van der Waals surface area contributed by atoms with Crippen LogP contribution in [0.2, 0.25) is 0 Å². The lowest BCUT2D eigenvalue weighted by Crippen LogP contribution is -2.67. The molecule has 41 heavy (non-hydrogen) atoms. The van der Waals surface area contributed by atoms with Crippen LogP contribution < -0.4 is 0 Å². The molecule has 1 amide bonds. The highest BCUT2D eigenvalue weighted by molar-refractivity contribution is 5.84. The van der Waals surface area contributed by atoms with Crippen molar-refractivity contribution in [3.63, 3.8) is 0 Å². The fraction of sp³-hybridized carbons (Fsp3) is 0.974. The molecule has 0 bridgehead atoms. The second kappa shape index (κ2) is 9.23. The summed E-state index contributed by atoms with van der Waals surface area (Å²) in [7, 11) is 0. The number of carbonyl (C=O) groups is 1. The van der Waals surface area contributed by atoms with Gasteiger partial charge in [0.25, 0.3) is 0 Å². The van der Waals surface area contributed by atoms with Crippen LogP contribution >= 0.6 is 0 Å². The van der Waals surface area contributed by atoms with Crippen LogP contribution in [0, 0.1) is 68.0 Å². The minimum Gasteiger partial charge on any atom is -0.340 e. The smallest absolute Gasteiger partial charge is 0.229 e. The summed E-state index contributed by atoms with van der Waals surface area (Å²) in [6, 6.07) is 0. The van der Waals surface area contributed by atoms with E-state index in [1.807, 2.05) is 0 Å². The third-order valence-corrected chi connectivity index (χ3v) is 17.5. The maximum Gasteiger partial charge on any atom is 0.229 e. The lowest BCUT2D eigenvalue weighted by Gasteiger charge is -2.73. The number of amides is 1. The molecular formula is C38H64N2O. The second-order valence-electron chi connectivity index (χ2n) is 18.6. The van der Waals surface area contributed by atoms with Crippen molar-refractivity contribution in [2.45, 2.75) is 132 Å². The van der Waals surface area contributed by atoms with Gasteiger partial charge in [-0.3, -0.25) is 4.79 Å². The highest BCUT2D eigenvalue weighted by Gasteiger charge is 2.73. The summed E-state index contributed by atoms with van der Waals surface area (Å²) in [6.07, 6.45) is 16.3. The first-order valence-electron chi connectivity index (χ1n) is 18.3. The van der Waals surface area contributed by atoms with Crippen molar-refractivity contribution in [3.8, 4) is 0 Å². The predicted octanol–water partition coefficient (Wildman–Crippen LogP) is 8.67. The number of fused-ring (bicyclic) bond motifs is 7. The summed E-state index contributed by atoms with van der Waals surface area (Å²) in [5.74, 6) is 5.29. The topological polar surface area (TPSA) is 23.6 Å². The van der Waals surface area contributed by atoms with Crippen molar-refractivity contribution in [1.29, 1.82) is 0 Å². The maximum absolute atomic E-state index is 14.8. The third-order valence-electron chi connectivity index (χ3n) is 17.5. The summed E-state index contributed by atoms with van der Waals surface area (Å²) in [5.41, 5.74) is 2.17. The van der Waals surface area contributed by atoms with Crippen molar-refractivity contribution < 1.29 is 4.79 Å². The van der Waals surface area contributed by atoms with Gasteiger partial charge in [0, 0.05) is 26.2 Å². The van der Waals surface area contributed by atoms with Crippen molar-refractivity contribution >= 4 is 5.91 Å². The van der Waals surface area contributed by atoms with E-state index in [2.05, 4.69) is 65.2 Å². The first kappa shape index (κ1) is 29.2. The molecule has 0 spiro atoms. The van der Waals surface area contributed by atoms with Crippen LogP contribution in [0.3, 0.4) is 0 Å². The molecule has 1 heterocycles. The molecule has 0 N–H and O–H groups in total. The molecule has 1 saturated heterocycles. The van der Waals surface area contributed by atoms with E-state index in [0.29, 0.717) is 38.9 Å². The molecule has 232 valence electrons. The van der Waals surface area contributed by atoms with E-state index in [4.69, 9.17) is 0 Å². The van der Waals surface area contributed by atoms with E-state index >= 15 is 0 Å². The van der Waals surface area contributed by atoms with Gasteiger partial charge in [-0.15, -0.1) is 0 Å². The Hall–Kier alpha value is -0.570. The molecule has 6 saturated carbocycles. The monoisotopic (exact) mass is 565 g/mol. The Kier molecular flexibility index (Phi) is 6.56. The number of likely N-dealkylation sites (N-methyl/N-ethyl adjacent to an activating group) is 1. The Labute approximate surface area is 253 Å². The Morgan fingerprint density at radius 1 is 0.683 bits per heavy atom. The minimum atomic E-state index is -0.0681. The normalized spacial score (nSPS) is 52.1. The van der Waals surface area contributed by atoms with E-state index in [0.717, 1.165) is 62.3 Å². The lowest BCUT2D eigenvalue weighted by molar-refractivity contribution is -0.244. The largest absolute Gasteiger partial charge is 0.340 e. The second-order valence-corrected chi connectivity index (χ2v) is 18.6. The van der Waals surface area contributed by atoms with Crippen LogP contribution in [0.5, 0.6) is 0 Å². The number of hydrogen-bond acceptors (Lipinski definition) is 2. The van der Waals surface area contributed by atoms with Gasteiger partial charge >= 0.3 is 0 Å². The van der Waals surface area contributed by atoms with Crippen molar-refractivity contribution in [2.75, 3.05) is 32.7 Å². The first-order chi connectivity index (χ1) is 19.3. The van der Waals surface area contributed by atoms with E-state index in [1.54, 1.807) is 0 Å². The van der Waals surface area contributed by atoms with Gasteiger partial charge in [-0.25, -0.2) is 0 Å². The molecule has 0 unspecified atom stereocenters. The van der Waals surface area contributed by atoms with Gasteiger partial charge in [-0.05, 0) is 146 Å². The summed E-state index contributed by atoms with van der Waals surface area (Å²) < 4.78 is 0. The molecule has 7 aliphatic rings. The number of hydrogen-bond donors (Lipinski definition) is 0. The van der Waals surface area contributed by atoms with Crippen LogP contribution in [-0.4, -0.2) is 48.4 Å². The molecular weight excluding hydrogens is 500 g/mol. The van der Waals surface area contributed by atoms with E-state index in [-0.39, 0.29) is 5.41 Å². The Bertz CT molecular complexity index is 1050. The van der Waals surface area contributed by atoms with E-state index < -0.39 is 0 Å². The Morgan fingerprint density at radius 3 is 2.05 bits per heavy atom. The van der Waals surface area contributed by atoms with Crippen molar-refractivity contribution in [1.82, 2.24) is 9.80 Å². The van der Waals surface area contributed by atoms with Crippen molar-refractivity contribution in [3.05, 3.63) is 0 Å². The zero-order chi connectivity index (χ0) is 29.2. The number of nitrogens with zero attached hydrogens (tertiary/aromatic N) is 2. The van der Waals surface area contributed by atoms with Gasteiger partial charge in [0.1, 0.15) is 0 Å². The zero-order valence-corrected chi connectivity index (χ0v) is 28.3. The first-order valence-corrected chi connectivity index (χ1v) is 18.3. The lowest BCUT2D eigenvalue weighted by atomic mass is 9.32. The Balaban J connectivity index is 1.24. The van der Waals surface area contributed by atoms with Gasteiger partial charge in [-0.1, -0.05) is 55.4 Å². The quantitative estimate of drug-likeness (QED) is 0.342. The number of rotatable bonds is 3. The SMILES string of the molecule is CCN1CCN(C(=O)[C@]23CC[C@@H](C4(C)CC4)[C@@H]2[C@H]2CC[C@@H]4[C@@]5(C)CC[C@H](C)C(C)(C)[C@@H]5CC[C@@]4(C)[C@]2(C)CC3)CC1. The van der Waals surface area contributed by atoms with E-state index in [1.165, 1.54) is 77.0 Å². The van der Waals surface area contributed by atoms with Crippen LogP contribution in [0.15, 0.2) is 0 Å². The number of carbonyl (C=O) groups excluding carboxylic acids is 1. The molecule has 7 fully saturated rings. The van der Waals surface area contributed by atoms with Gasteiger partial charge in [-0.2, -0.15) is 0 Å². The molecule has 3 nitrogen and oxygen atoms in total. The predicted molar refractivity (Wildman–Crippen MR) is 169 cm³/mol. The molecule has 7 rings (SSSR count). The molecule has 10 atom stereocenters. The summed E-state index contributed by atoms with van der Waals surface area (Å²) >= 11 is 0. The zero-order valence-electron chi connectivity index (χ0n) is 28.3.